The molecule has 1 heterocycles. The van der Waals surface area contributed by atoms with Gasteiger partial charge in [-0.05, 0) is 48.9 Å². The van der Waals surface area contributed by atoms with Crippen molar-refractivity contribution in [2.75, 3.05) is 0 Å². The molecule has 0 bridgehead atoms. The minimum atomic E-state index is 0.0486. The zero-order chi connectivity index (χ0) is 13.2. The van der Waals surface area contributed by atoms with Gasteiger partial charge in [0.2, 0.25) is 0 Å². The third-order valence-electron chi connectivity index (χ3n) is 5.13. The SMILES string of the molecule is c1cc2c3c(c1)OPOc1cccc4c1C3(CC2)CC4. The largest absolute Gasteiger partial charge is 0.440 e. The maximum Gasteiger partial charge on any atom is 0.275 e. The van der Waals surface area contributed by atoms with Crippen molar-refractivity contribution >= 4 is 9.03 Å². The summed E-state index contributed by atoms with van der Waals surface area (Å²) >= 11 is 0. The van der Waals surface area contributed by atoms with Crippen LogP contribution in [-0.4, -0.2) is 0 Å². The quantitative estimate of drug-likeness (QED) is 0.676. The van der Waals surface area contributed by atoms with E-state index in [1.54, 1.807) is 0 Å². The van der Waals surface area contributed by atoms with Crippen LogP contribution in [0.25, 0.3) is 0 Å². The first kappa shape index (κ1) is 11.2. The van der Waals surface area contributed by atoms with Gasteiger partial charge in [-0.15, -0.1) is 0 Å². The van der Waals surface area contributed by atoms with Crippen molar-refractivity contribution in [3.05, 3.63) is 58.7 Å². The molecule has 2 aromatic carbocycles. The van der Waals surface area contributed by atoms with Gasteiger partial charge in [0.15, 0.2) is 0 Å². The third kappa shape index (κ3) is 1.24. The zero-order valence-electron chi connectivity index (χ0n) is 11.1. The second kappa shape index (κ2) is 3.77. The summed E-state index contributed by atoms with van der Waals surface area (Å²) in [7, 11) is 0.0486. The molecule has 0 saturated carbocycles. The Kier molecular flexibility index (Phi) is 2.10. The molecule has 0 unspecified atom stereocenters. The van der Waals surface area contributed by atoms with Gasteiger partial charge in [-0.25, -0.2) is 0 Å². The fourth-order valence-electron chi connectivity index (χ4n) is 4.38. The molecule has 3 heteroatoms. The van der Waals surface area contributed by atoms with Gasteiger partial charge in [0.1, 0.15) is 11.5 Å². The number of benzene rings is 2. The third-order valence-corrected chi connectivity index (χ3v) is 5.73. The standard InChI is InChI=1S/C17H15O2P/c1-3-11-7-9-17-10-8-12-4-2-6-14(16(12)17)19-20-18-13(5-1)15(11)17/h1-6,20H,7-10H2. The first-order chi connectivity index (χ1) is 9.88. The van der Waals surface area contributed by atoms with Crippen molar-refractivity contribution in [2.45, 2.75) is 31.1 Å². The highest BCUT2D eigenvalue weighted by Crippen LogP contribution is 2.59. The summed E-state index contributed by atoms with van der Waals surface area (Å²) in [4.78, 5) is 0. The summed E-state index contributed by atoms with van der Waals surface area (Å²) in [6, 6.07) is 13.0. The monoisotopic (exact) mass is 282 g/mol. The molecule has 1 spiro atoms. The van der Waals surface area contributed by atoms with Crippen LogP contribution in [0.1, 0.15) is 35.1 Å². The van der Waals surface area contributed by atoms with E-state index in [2.05, 4.69) is 36.4 Å². The first-order valence-corrected chi connectivity index (χ1v) is 8.04. The fourth-order valence-corrected chi connectivity index (χ4v) is 4.94. The van der Waals surface area contributed by atoms with Crippen molar-refractivity contribution in [2.24, 2.45) is 0 Å². The molecule has 0 aromatic heterocycles. The summed E-state index contributed by atoms with van der Waals surface area (Å²) in [5, 5.41) is 0. The zero-order valence-corrected chi connectivity index (χ0v) is 12.1. The Hall–Kier alpha value is -1.53. The van der Waals surface area contributed by atoms with Gasteiger partial charge >= 0.3 is 0 Å². The van der Waals surface area contributed by atoms with Crippen molar-refractivity contribution in [3.63, 3.8) is 0 Å². The van der Waals surface area contributed by atoms with Crippen LogP contribution in [0.4, 0.5) is 0 Å². The molecule has 0 radical (unpaired) electrons. The summed E-state index contributed by atoms with van der Waals surface area (Å²) in [5.41, 5.74) is 5.97. The molecule has 0 N–H and O–H groups in total. The Morgan fingerprint density at radius 1 is 0.800 bits per heavy atom. The summed E-state index contributed by atoms with van der Waals surface area (Å²) in [5.74, 6) is 2.08. The fraction of sp³-hybridized carbons (Fsp3) is 0.294. The van der Waals surface area contributed by atoms with E-state index in [0.717, 1.165) is 24.3 Å². The molecular formula is C17H15O2P. The van der Waals surface area contributed by atoms with Crippen LogP contribution in [0.3, 0.4) is 0 Å². The number of hydrogen-bond donors (Lipinski definition) is 0. The van der Waals surface area contributed by atoms with Gasteiger partial charge in [0.05, 0.1) is 0 Å². The molecule has 100 valence electrons. The first-order valence-electron chi connectivity index (χ1n) is 7.22. The summed E-state index contributed by atoms with van der Waals surface area (Å²) in [6.07, 6.45) is 4.70. The van der Waals surface area contributed by atoms with E-state index in [-0.39, 0.29) is 14.4 Å². The summed E-state index contributed by atoms with van der Waals surface area (Å²) in [6.45, 7) is 0. The maximum absolute atomic E-state index is 5.93. The lowest BCUT2D eigenvalue weighted by molar-refractivity contribution is 0.439. The Balaban J connectivity index is 1.89. The topological polar surface area (TPSA) is 18.5 Å². The van der Waals surface area contributed by atoms with Crippen LogP contribution in [-0.2, 0) is 18.3 Å². The van der Waals surface area contributed by atoms with Gasteiger partial charge in [0.25, 0.3) is 9.03 Å². The highest BCUT2D eigenvalue weighted by Gasteiger charge is 2.49. The second-order valence-electron chi connectivity index (χ2n) is 5.95. The van der Waals surface area contributed by atoms with Crippen LogP contribution < -0.4 is 9.05 Å². The van der Waals surface area contributed by atoms with Gasteiger partial charge in [-0.3, -0.25) is 0 Å². The molecule has 0 amide bonds. The minimum absolute atomic E-state index is 0.0486. The number of aryl methyl sites for hydroxylation is 2. The van der Waals surface area contributed by atoms with E-state index in [1.807, 2.05) is 0 Å². The normalized spacial score (nSPS) is 20.2. The van der Waals surface area contributed by atoms with E-state index in [9.17, 15) is 0 Å². The van der Waals surface area contributed by atoms with Crippen LogP contribution in [0, 0.1) is 0 Å². The number of rotatable bonds is 0. The highest BCUT2D eigenvalue weighted by molar-refractivity contribution is 7.27. The predicted octanol–water partition coefficient (Wildman–Crippen LogP) is 4.14. The van der Waals surface area contributed by atoms with Crippen molar-refractivity contribution in [3.8, 4) is 11.5 Å². The number of hydrogen-bond acceptors (Lipinski definition) is 2. The maximum atomic E-state index is 5.93. The Morgan fingerprint density at radius 3 is 1.90 bits per heavy atom. The summed E-state index contributed by atoms with van der Waals surface area (Å²) < 4.78 is 11.9. The molecule has 2 aliphatic carbocycles. The molecule has 0 atom stereocenters. The average Bonchev–Trinajstić information content (AvgIpc) is 3.02. The highest BCUT2D eigenvalue weighted by atomic mass is 31.1. The van der Waals surface area contributed by atoms with E-state index in [1.165, 1.54) is 35.1 Å². The van der Waals surface area contributed by atoms with Crippen LogP contribution in [0.15, 0.2) is 36.4 Å². The van der Waals surface area contributed by atoms with E-state index in [4.69, 9.17) is 9.05 Å². The molecule has 2 aromatic rings. The smallest absolute Gasteiger partial charge is 0.275 e. The Bertz CT molecular complexity index is 661. The van der Waals surface area contributed by atoms with E-state index in [0.29, 0.717) is 0 Å². The Morgan fingerprint density at radius 2 is 1.35 bits per heavy atom. The van der Waals surface area contributed by atoms with Crippen molar-refractivity contribution < 1.29 is 9.05 Å². The van der Waals surface area contributed by atoms with Crippen LogP contribution >= 0.6 is 9.03 Å². The molecule has 0 saturated heterocycles. The molecule has 0 fully saturated rings. The molecule has 20 heavy (non-hydrogen) atoms. The molecule has 5 rings (SSSR count). The van der Waals surface area contributed by atoms with Crippen LogP contribution in [0.2, 0.25) is 0 Å². The lowest BCUT2D eigenvalue weighted by atomic mass is 9.76. The minimum Gasteiger partial charge on any atom is -0.440 e. The lowest BCUT2D eigenvalue weighted by Gasteiger charge is -2.31. The van der Waals surface area contributed by atoms with Gasteiger partial charge < -0.3 is 9.05 Å². The van der Waals surface area contributed by atoms with Gasteiger partial charge in [-0.2, -0.15) is 0 Å². The lowest BCUT2D eigenvalue weighted by Crippen LogP contribution is -2.23. The van der Waals surface area contributed by atoms with Crippen molar-refractivity contribution in [1.29, 1.82) is 0 Å². The average molecular weight is 282 g/mol. The molecule has 3 aliphatic rings. The predicted molar refractivity (Wildman–Crippen MR) is 79.9 cm³/mol. The van der Waals surface area contributed by atoms with Gasteiger partial charge in [0, 0.05) is 16.5 Å². The van der Waals surface area contributed by atoms with Crippen LogP contribution in [0.5, 0.6) is 11.5 Å². The molecular weight excluding hydrogens is 267 g/mol. The second-order valence-corrected chi connectivity index (χ2v) is 6.53. The molecule has 2 nitrogen and oxygen atoms in total. The molecule has 1 aliphatic heterocycles. The van der Waals surface area contributed by atoms with Gasteiger partial charge in [-0.1, -0.05) is 24.3 Å². The van der Waals surface area contributed by atoms with E-state index < -0.39 is 0 Å². The Labute approximate surface area is 120 Å². The van der Waals surface area contributed by atoms with E-state index >= 15 is 0 Å². The van der Waals surface area contributed by atoms with Crippen molar-refractivity contribution in [1.82, 2.24) is 0 Å².